The van der Waals surface area contributed by atoms with Gasteiger partial charge in [0, 0.05) is 19.6 Å². The molecule has 144 valence electrons. The lowest BCUT2D eigenvalue weighted by atomic mass is 10.1. The summed E-state index contributed by atoms with van der Waals surface area (Å²) < 4.78 is 11.4. The summed E-state index contributed by atoms with van der Waals surface area (Å²) >= 11 is 0. The van der Waals surface area contributed by atoms with Crippen molar-refractivity contribution in [2.75, 3.05) is 39.9 Å². The normalized spacial score (nSPS) is 11.1. The molecule has 1 aromatic carbocycles. The van der Waals surface area contributed by atoms with E-state index in [1.807, 2.05) is 6.07 Å². The number of benzene rings is 1. The van der Waals surface area contributed by atoms with Crippen LogP contribution in [0.25, 0.3) is 0 Å². The summed E-state index contributed by atoms with van der Waals surface area (Å²) in [5.74, 6) is 1.68. The highest BCUT2D eigenvalue weighted by Crippen LogP contribution is 2.28. The van der Waals surface area contributed by atoms with E-state index in [2.05, 4.69) is 43.1 Å². The average Bonchev–Trinajstić information content (AvgIpc) is 2.65. The Bertz CT molecular complexity index is 448. The molecule has 0 bridgehead atoms. The van der Waals surface area contributed by atoms with Crippen molar-refractivity contribution in [2.45, 2.75) is 59.4 Å². The molecule has 4 nitrogen and oxygen atoms in total. The molecule has 0 spiro atoms. The minimum atomic E-state index is 0.765. The standard InChI is InChI=1S/C21H38N2O2/c1-5-8-9-10-11-16-25-20-13-12-19(17-21(20)24-4)18-22-14-15-23(6-2)7-3/h12-13,17,22H,5-11,14-16,18H2,1-4H3. The number of ether oxygens (including phenoxy) is 2. The van der Waals surface area contributed by atoms with Crippen molar-refractivity contribution in [3.8, 4) is 11.5 Å². The van der Waals surface area contributed by atoms with Crippen LogP contribution in [0.4, 0.5) is 0 Å². The summed E-state index contributed by atoms with van der Waals surface area (Å²) in [6, 6.07) is 6.24. The number of rotatable bonds is 15. The van der Waals surface area contributed by atoms with E-state index in [4.69, 9.17) is 9.47 Å². The van der Waals surface area contributed by atoms with Crippen LogP contribution < -0.4 is 14.8 Å². The topological polar surface area (TPSA) is 33.7 Å². The smallest absolute Gasteiger partial charge is 0.161 e. The zero-order valence-corrected chi connectivity index (χ0v) is 16.8. The van der Waals surface area contributed by atoms with E-state index >= 15 is 0 Å². The maximum Gasteiger partial charge on any atom is 0.161 e. The minimum absolute atomic E-state index is 0.765. The molecule has 4 heteroatoms. The number of likely N-dealkylation sites (N-methyl/N-ethyl adjacent to an activating group) is 1. The van der Waals surface area contributed by atoms with Crippen LogP contribution in [0, 0.1) is 0 Å². The molecular weight excluding hydrogens is 312 g/mol. The Kier molecular flexibility index (Phi) is 12.2. The van der Waals surface area contributed by atoms with Gasteiger partial charge >= 0.3 is 0 Å². The molecule has 0 saturated carbocycles. The number of hydrogen-bond donors (Lipinski definition) is 1. The molecule has 1 rings (SSSR count). The first kappa shape index (κ1) is 21.8. The summed E-state index contributed by atoms with van der Waals surface area (Å²) in [7, 11) is 1.71. The Labute approximate surface area is 154 Å². The maximum absolute atomic E-state index is 5.90. The predicted octanol–water partition coefficient (Wildman–Crippen LogP) is 4.48. The van der Waals surface area contributed by atoms with E-state index in [1.165, 1.54) is 31.2 Å². The van der Waals surface area contributed by atoms with Crippen LogP contribution in [0.1, 0.15) is 58.4 Å². The van der Waals surface area contributed by atoms with Crippen molar-refractivity contribution >= 4 is 0 Å². The van der Waals surface area contributed by atoms with Crippen molar-refractivity contribution in [1.82, 2.24) is 10.2 Å². The molecule has 0 aliphatic rings. The lowest BCUT2D eigenvalue weighted by molar-refractivity contribution is 0.284. The quantitative estimate of drug-likeness (QED) is 0.473. The van der Waals surface area contributed by atoms with Gasteiger partial charge in [0.15, 0.2) is 11.5 Å². The molecule has 25 heavy (non-hydrogen) atoms. The number of hydrogen-bond acceptors (Lipinski definition) is 4. The van der Waals surface area contributed by atoms with Crippen molar-refractivity contribution < 1.29 is 9.47 Å². The van der Waals surface area contributed by atoms with Gasteiger partial charge in [-0.2, -0.15) is 0 Å². The summed E-state index contributed by atoms with van der Waals surface area (Å²) in [6.45, 7) is 12.6. The molecular formula is C21H38N2O2. The van der Waals surface area contributed by atoms with Gasteiger partial charge in [0.1, 0.15) is 0 Å². The van der Waals surface area contributed by atoms with Gasteiger partial charge in [-0.25, -0.2) is 0 Å². The van der Waals surface area contributed by atoms with Crippen LogP contribution in [0.15, 0.2) is 18.2 Å². The van der Waals surface area contributed by atoms with Crippen molar-refractivity contribution in [1.29, 1.82) is 0 Å². The molecule has 0 fully saturated rings. The van der Waals surface area contributed by atoms with Crippen LogP contribution in [0.2, 0.25) is 0 Å². The first-order valence-corrected chi connectivity index (χ1v) is 9.97. The fourth-order valence-electron chi connectivity index (χ4n) is 2.84. The third-order valence-electron chi connectivity index (χ3n) is 4.56. The largest absolute Gasteiger partial charge is 0.493 e. The van der Waals surface area contributed by atoms with Crippen molar-refractivity contribution in [3.63, 3.8) is 0 Å². The third kappa shape index (κ3) is 9.13. The molecule has 0 amide bonds. The second-order valence-corrected chi connectivity index (χ2v) is 6.45. The molecule has 0 saturated heterocycles. The highest BCUT2D eigenvalue weighted by molar-refractivity contribution is 5.42. The molecule has 0 aliphatic carbocycles. The fourth-order valence-corrected chi connectivity index (χ4v) is 2.84. The molecule has 1 aromatic rings. The summed E-state index contributed by atoms with van der Waals surface area (Å²) in [4.78, 5) is 2.42. The molecule has 0 atom stereocenters. The third-order valence-corrected chi connectivity index (χ3v) is 4.56. The Morgan fingerprint density at radius 1 is 0.960 bits per heavy atom. The lowest BCUT2D eigenvalue weighted by Gasteiger charge is -2.18. The van der Waals surface area contributed by atoms with Crippen LogP contribution in [0.5, 0.6) is 11.5 Å². The van der Waals surface area contributed by atoms with Gasteiger partial charge in [0.25, 0.3) is 0 Å². The van der Waals surface area contributed by atoms with Crippen molar-refractivity contribution in [3.05, 3.63) is 23.8 Å². The first-order valence-electron chi connectivity index (χ1n) is 9.97. The van der Waals surface area contributed by atoms with Gasteiger partial charge in [0.2, 0.25) is 0 Å². The summed E-state index contributed by atoms with van der Waals surface area (Å²) in [6.07, 6.45) is 6.25. The average molecular weight is 351 g/mol. The number of nitrogens with zero attached hydrogens (tertiary/aromatic N) is 1. The number of unbranched alkanes of at least 4 members (excludes halogenated alkanes) is 4. The second kappa shape index (κ2) is 14.0. The van der Waals surface area contributed by atoms with Gasteiger partial charge in [-0.05, 0) is 37.2 Å². The zero-order chi connectivity index (χ0) is 18.3. The van der Waals surface area contributed by atoms with E-state index < -0.39 is 0 Å². The van der Waals surface area contributed by atoms with Gasteiger partial charge in [-0.3, -0.25) is 0 Å². The predicted molar refractivity (Wildman–Crippen MR) is 107 cm³/mol. The van der Waals surface area contributed by atoms with E-state index in [-0.39, 0.29) is 0 Å². The number of nitrogens with one attached hydrogen (secondary N) is 1. The molecule has 0 radical (unpaired) electrons. The fraction of sp³-hybridized carbons (Fsp3) is 0.714. The molecule has 0 unspecified atom stereocenters. The van der Waals surface area contributed by atoms with Gasteiger partial charge < -0.3 is 19.7 Å². The van der Waals surface area contributed by atoms with E-state index in [0.717, 1.165) is 57.3 Å². The van der Waals surface area contributed by atoms with E-state index in [0.29, 0.717) is 0 Å². The van der Waals surface area contributed by atoms with Gasteiger partial charge in [-0.1, -0.05) is 52.5 Å². The molecule has 0 heterocycles. The van der Waals surface area contributed by atoms with E-state index in [1.54, 1.807) is 7.11 Å². The van der Waals surface area contributed by atoms with Gasteiger partial charge in [-0.15, -0.1) is 0 Å². The Morgan fingerprint density at radius 2 is 1.72 bits per heavy atom. The first-order chi connectivity index (χ1) is 12.2. The molecule has 0 aromatic heterocycles. The Balaban J connectivity index is 2.35. The van der Waals surface area contributed by atoms with Crippen LogP contribution >= 0.6 is 0 Å². The van der Waals surface area contributed by atoms with Crippen LogP contribution in [-0.4, -0.2) is 44.8 Å². The summed E-state index contributed by atoms with van der Waals surface area (Å²) in [5, 5.41) is 3.51. The zero-order valence-electron chi connectivity index (χ0n) is 16.8. The molecule has 1 N–H and O–H groups in total. The number of methoxy groups -OCH3 is 1. The molecule has 0 aliphatic heterocycles. The monoisotopic (exact) mass is 350 g/mol. The van der Waals surface area contributed by atoms with Crippen LogP contribution in [-0.2, 0) is 6.54 Å². The SMILES string of the molecule is CCCCCCCOc1ccc(CNCCN(CC)CC)cc1OC. The second-order valence-electron chi connectivity index (χ2n) is 6.45. The van der Waals surface area contributed by atoms with Crippen molar-refractivity contribution in [2.24, 2.45) is 0 Å². The maximum atomic E-state index is 5.90. The Hall–Kier alpha value is -1.26. The Morgan fingerprint density at radius 3 is 2.40 bits per heavy atom. The van der Waals surface area contributed by atoms with Gasteiger partial charge in [0.05, 0.1) is 13.7 Å². The minimum Gasteiger partial charge on any atom is -0.493 e. The highest BCUT2D eigenvalue weighted by atomic mass is 16.5. The highest BCUT2D eigenvalue weighted by Gasteiger charge is 2.06. The van der Waals surface area contributed by atoms with E-state index in [9.17, 15) is 0 Å². The lowest BCUT2D eigenvalue weighted by Crippen LogP contribution is -2.31. The van der Waals surface area contributed by atoms with Crippen LogP contribution in [0.3, 0.4) is 0 Å². The summed E-state index contributed by atoms with van der Waals surface area (Å²) in [5.41, 5.74) is 1.23.